The first-order valence-electron chi connectivity index (χ1n) is 7.94. The number of carbonyl (C=O) groups excluding carboxylic acids is 2. The average Bonchev–Trinajstić information content (AvgIpc) is 2.65. The van der Waals surface area contributed by atoms with E-state index in [9.17, 15) is 9.59 Å². The Bertz CT molecular complexity index is 704. The summed E-state index contributed by atoms with van der Waals surface area (Å²) in [6, 6.07) is 15.7. The van der Waals surface area contributed by atoms with E-state index < -0.39 is 17.9 Å². The van der Waals surface area contributed by atoms with Crippen molar-refractivity contribution in [1.82, 2.24) is 5.32 Å². The summed E-state index contributed by atoms with van der Waals surface area (Å²) in [7, 11) is 1.58. The molecular formula is C19H22N2O4. The molecular weight excluding hydrogens is 320 g/mol. The Balaban J connectivity index is 1.74. The molecule has 0 fully saturated rings. The van der Waals surface area contributed by atoms with Crippen molar-refractivity contribution in [2.75, 3.05) is 7.11 Å². The number of benzene rings is 2. The van der Waals surface area contributed by atoms with Crippen LogP contribution in [0.1, 0.15) is 17.5 Å². The average molecular weight is 342 g/mol. The van der Waals surface area contributed by atoms with Crippen LogP contribution in [-0.2, 0) is 27.5 Å². The zero-order valence-electron chi connectivity index (χ0n) is 14.1. The van der Waals surface area contributed by atoms with Gasteiger partial charge in [-0.2, -0.15) is 0 Å². The number of amides is 1. The Morgan fingerprint density at radius 3 is 2.52 bits per heavy atom. The van der Waals surface area contributed by atoms with E-state index in [1.807, 2.05) is 54.6 Å². The molecule has 0 aliphatic heterocycles. The van der Waals surface area contributed by atoms with Gasteiger partial charge in [0.15, 0.2) is 0 Å². The van der Waals surface area contributed by atoms with Gasteiger partial charge >= 0.3 is 5.97 Å². The van der Waals surface area contributed by atoms with Gasteiger partial charge in [0.25, 0.3) is 0 Å². The van der Waals surface area contributed by atoms with E-state index in [0.717, 1.165) is 11.1 Å². The van der Waals surface area contributed by atoms with Crippen LogP contribution in [0.25, 0.3) is 0 Å². The van der Waals surface area contributed by atoms with Gasteiger partial charge in [-0.05, 0) is 23.3 Å². The molecule has 25 heavy (non-hydrogen) atoms. The van der Waals surface area contributed by atoms with Gasteiger partial charge in [0.2, 0.25) is 5.91 Å². The number of rotatable bonds is 8. The molecule has 132 valence electrons. The molecule has 6 heteroatoms. The van der Waals surface area contributed by atoms with E-state index >= 15 is 0 Å². The maximum absolute atomic E-state index is 12.0. The predicted molar refractivity (Wildman–Crippen MR) is 93.7 cm³/mol. The fourth-order valence-electron chi connectivity index (χ4n) is 2.17. The van der Waals surface area contributed by atoms with Crippen LogP contribution in [0.4, 0.5) is 0 Å². The molecule has 0 bridgehead atoms. The molecule has 2 aromatic carbocycles. The van der Waals surface area contributed by atoms with Crippen molar-refractivity contribution in [2.24, 2.45) is 5.73 Å². The van der Waals surface area contributed by atoms with Crippen molar-refractivity contribution in [3.63, 3.8) is 0 Å². The smallest absolute Gasteiger partial charge is 0.308 e. The minimum absolute atomic E-state index is 0.165. The second kappa shape index (κ2) is 9.44. The third-order valence-electron chi connectivity index (χ3n) is 3.57. The van der Waals surface area contributed by atoms with Crippen LogP contribution >= 0.6 is 0 Å². The summed E-state index contributed by atoms with van der Waals surface area (Å²) >= 11 is 0. The topological polar surface area (TPSA) is 90.6 Å². The normalized spacial score (nSPS) is 11.4. The van der Waals surface area contributed by atoms with Crippen molar-refractivity contribution < 1.29 is 19.1 Å². The molecule has 2 rings (SSSR count). The number of ether oxygens (including phenoxy) is 2. The Morgan fingerprint density at radius 2 is 1.80 bits per heavy atom. The minimum atomic E-state index is -0.950. The second-order valence-corrected chi connectivity index (χ2v) is 5.53. The number of hydrogen-bond acceptors (Lipinski definition) is 5. The van der Waals surface area contributed by atoms with Crippen molar-refractivity contribution in [2.45, 2.75) is 25.6 Å². The molecule has 6 nitrogen and oxygen atoms in total. The second-order valence-electron chi connectivity index (χ2n) is 5.53. The van der Waals surface area contributed by atoms with Gasteiger partial charge in [-0.25, -0.2) is 0 Å². The zero-order valence-corrected chi connectivity index (χ0v) is 14.1. The van der Waals surface area contributed by atoms with Gasteiger partial charge in [-0.1, -0.05) is 42.5 Å². The predicted octanol–water partition coefficient (Wildman–Crippen LogP) is 1.77. The third kappa shape index (κ3) is 6.27. The Hall–Kier alpha value is -2.86. The molecule has 0 radical (unpaired) electrons. The van der Waals surface area contributed by atoms with Crippen LogP contribution in [0.5, 0.6) is 5.75 Å². The molecule has 0 unspecified atom stereocenters. The van der Waals surface area contributed by atoms with Gasteiger partial charge < -0.3 is 20.5 Å². The van der Waals surface area contributed by atoms with Crippen molar-refractivity contribution in [1.29, 1.82) is 0 Å². The Labute approximate surface area is 146 Å². The van der Waals surface area contributed by atoms with Gasteiger partial charge in [0.05, 0.1) is 19.6 Å². The summed E-state index contributed by atoms with van der Waals surface area (Å²) in [5.74, 6) is -0.201. The third-order valence-corrected chi connectivity index (χ3v) is 3.57. The van der Waals surface area contributed by atoms with E-state index in [2.05, 4.69) is 5.32 Å². The lowest BCUT2D eigenvalue weighted by Crippen LogP contribution is -2.41. The first-order chi connectivity index (χ1) is 12.1. The highest BCUT2D eigenvalue weighted by Gasteiger charge is 2.18. The highest BCUT2D eigenvalue weighted by Crippen LogP contribution is 2.12. The molecule has 3 N–H and O–H groups in total. The fraction of sp³-hybridized carbons (Fsp3) is 0.263. The van der Waals surface area contributed by atoms with E-state index in [0.29, 0.717) is 12.3 Å². The van der Waals surface area contributed by atoms with Gasteiger partial charge in [0.1, 0.15) is 12.4 Å². The summed E-state index contributed by atoms with van der Waals surface area (Å²) in [5, 5.41) is 2.70. The van der Waals surface area contributed by atoms with Crippen molar-refractivity contribution in [3.8, 4) is 5.75 Å². The van der Waals surface area contributed by atoms with Crippen LogP contribution in [-0.4, -0.2) is 25.0 Å². The van der Waals surface area contributed by atoms with Gasteiger partial charge in [0, 0.05) is 6.54 Å². The Kier molecular flexibility index (Phi) is 6.98. The molecule has 1 atom stereocenters. The number of nitrogens with one attached hydrogen (secondary N) is 1. The summed E-state index contributed by atoms with van der Waals surface area (Å²) in [6.07, 6.45) is -0.170. The quantitative estimate of drug-likeness (QED) is 0.714. The lowest BCUT2D eigenvalue weighted by Gasteiger charge is -2.12. The van der Waals surface area contributed by atoms with E-state index in [1.54, 1.807) is 7.11 Å². The van der Waals surface area contributed by atoms with Crippen LogP contribution < -0.4 is 15.8 Å². The lowest BCUT2D eigenvalue weighted by atomic mass is 10.2. The summed E-state index contributed by atoms with van der Waals surface area (Å²) in [6.45, 7) is 0.473. The van der Waals surface area contributed by atoms with Crippen LogP contribution in [0, 0.1) is 0 Å². The first-order valence-corrected chi connectivity index (χ1v) is 7.94. The van der Waals surface area contributed by atoms with Gasteiger partial charge in [-0.3, -0.25) is 9.59 Å². The van der Waals surface area contributed by atoms with Gasteiger partial charge in [-0.15, -0.1) is 0 Å². The van der Waals surface area contributed by atoms with E-state index in [-0.39, 0.29) is 13.0 Å². The number of nitrogens with two attached hydrogens (primary N) is 1. The first kappa shape index (κ1) is 18.5. The zero-order chi connectivity index (χ0) is 18.1. The number of methoxy groups -OCH3 is 1. The summed E-state index contributed by atoms with van der Waals surface area (Å²) in [4.78, 5) is 23.8. The molecule has 2 aromatic rings. The van der Waals surface area contributed by atoms with E-state index in [1.165, 1.54) is 0 Å². The number of esters is 1. The SMILES string of the molecule is COc1cccc(CNC(=O)[C@@H](N)CC(=O)OCc2ccccc2)c1. The molecule has 0 heterocycles. The van der Waals surface area contributed by atoms with Crippen molar-refractivity contribution in [3.05, 3.63) is 65.7 Å². The number of hydrogen-bond donors (Lipinski definition) is 2. The lowest BCUT2D eigenvalue weighted by molar-refractivity contribution is -0.146. The Morgan fingerprint density at radius 1 is 1.08 bits per heavy atom. The fourth-order valence-corrected chi connectivity index (χ4v) is 2.17. The van der Waals surface area contributed by atoms with Crippen LogP contribution in [0.2, 0.25) is 0 Å². The van der Waals surface area contributed by atoms with Crippen LogP contribution in [0.15, 0.2) is 54.6 Å². The molecule has 0 aromatic heterocycles. The minimum Gasteiger partial charge on any atom is -0.497 e. The molecule has 0 aliphatic carbocycles. The largest absolute Gasteiger partial charge is 0.497 e. The van der Waals surface area contributed by atoms with Crippen LogP contribution in [0.3, 0.4) is 0 Å². The highest BCUT2D eigenvalue weighted by molar-refractivity contribution is 5.86. The monoisotopic (exact) mass is 342 g/mol. The molecule has 1 amide bonds. The number of carbonyl (C=O) groups is 2. The summed E-state index contributed by atoms with van der Waals surface area (Å²) < 4.78 is 10.3. The van der Waals surface area contributed by atoms with Crippen molar-refractivity contribution >= 4 is 11.9 Å². The molecule has 0 spiro atoms. The standard InChI is InChI=1S/C19H22N2O4/c1-24-16-9-5-8-15(10-16)12-21-19(23)17(20)11-18(22)25-13-14-6-3-2-4-7-14/h2-10,17H,11-13,20H2,1H3,(H,21,23)/t17-/m0/s1. The maximum atomic E-state index is 12.0. The molecule has 0 saturated heterocycles. The summed E-state index contributed by atoms with van der Waals surface area (Å²) in [5.41, 5.74) is 7.53. The maximum Gasteiger partial charge on any atom is 0.308 e. The molecule has 0 aliphatic rings. The highest BCUT2D eigenvalue weighted by atomic mass is 16.5. The molecule has 0 saturated carbocycles. The van der Waals surface area contributed by atoms with E-state index in [4.69, 9.17) is 15.2 Å².